The number of hydrogen-bond acceptors (Lipinski definition) is 1. The van der Waals surface area contributed by atoms with Crippen molar-refractivity contribution in [1.29, 1.82) is 0 Å². The Morgan fingerprint density at radius 1 is 1.07 bits per heavy atom. The van der Waals surface area contributed by atoms with Crippen LogP contribution in [0.15, 0.2) is 0 Å². The highest BCUT2D eigenvalue weighted by molar-refractivity contribution is 7.99. The summed E-state index contributed by atoms with van der Waals surface area (Å²) in [6.45, 7) is 7.04. The van der Waals surface area contributed by atoms with Crippen molar-refractivity contribution in [3.63, 3.8) is 0 Å². The van der Waals surface area contributed by atoms with Gasteiger partial charge in [-0.2, -0.15) is 11.8 Å². The molecule has 0 aromatic heterocycles. The summed E-state index contributed by atoms with van der Waals surface area (Å²) in [5.41, 5.74) is 0.535. The second-order valence-electron chi connectivity index (χ2n) is 5.80. The summed E-state index contributed by atoms with van der Waals surface area (Å²) >= 11 is 2.24. The first kappa shape index (κ1) is 12.4. The Kier molecular flexibility index (Phi) is 5.36. The summed E-state index contributed by atoms with van der Waals surface area (Å²) in [5.74, 6) is 1.39. The van der Waals surface area contributed by atoms with Crippen molar-refractivity contribution in [2.75, 3.05) is 5.75 Å². The lowest BCUT2D eigenvalue weighted by molar-refractivity contribution is 0.374. The molecule has 0 heterocycles. The first-order chi connectivity index (χ1) is 6.58. The predicted molar refractivity (Wildman–Crippen MR) is 68.0 cm³/mol. The molecule has 1 aliphatic carbocycles. The molecule has 0 amide bonds. The largest absolute Gasteiger partial charge is 0.159 e. The van der Waals surface area contributed by atoms with E-state index in [-0.39, 0.29) is 0 Å². The lowest BCUT2D eigenvalue weighted by Gasteiger charge is -2.22. The van der Waals surface area contributed by atoms with Gasteiger partial charge < -0.3 is 0 Å². The van der Waals surface area contributed by atoms with E-state index in [1.165, 1.54) is 50.7 Å². The SMILES string of the molecule is CC(C)(C)CCCSC1CCCCC1. The highest BCUT2D eigenvalue weighted by Crippen LogP contribution is 2.30. The van der Waals surface area contributed by atoms with Crippen LogP contribution in [0.5, 0.6) is 0 Å². The zero-order valence-electron chi connectivity index (χ0n) is 10.1. The Balaban J connectivity index is 1.97. The van der Waals surface area contributed by atoms with Gasteiger partial charge in [0.05, 0.1) is 0 Å². The third-order valence-corrected chi connectivity index (χ3v) is 4.44. The normalized spacial score (nSPS) is 19.9. The van der Waals surface area contributed by atoms with Crippen LogP contribution in [-0.4, -0.2) is 11.0 Å². The predicted octanol–water partition coefficient (Wildman–Crippen LogP) is 4.88. The maximum atomic E-state index is 2.35. The molecule has 84 valence electrons. The van der Waals surface area contributed by atoms with E-state index >= 15 is 0 Å². The maximum Gasteiger partial charge on any atom is 0.00470 e. The monoisotopic (exact) mass is 214 g/mol. The topological polar surface area (TPSA) is 0 Å². The molecule has 0 spiro atoms. The molecule has 0 unspecified atom stereocenters. The molecule has 0 radical (unpaired) electrons. The van der Waals surface area contributed by atoms with Gasteiger partial charge in [0.1, 0.15) is 0 Å². The van der Waals surface area contributed by atoms with Crippen LogP contribution in [0.4, 0.5) is 0 Å². The number of rotatable bonds is 4. The van der Waals surface area contributed by atoms with Gasteiger partial charge in [-0.1, -0.05) is 40.0 Å². The van der Waals surface area contributed by atoms with Crippen LogP contribution < -0.4 is 0 Å². The molecule has 0 aromatic carbocycles. The summed E-state index contributed by atoms with van der Waals surface area (Å²) in [4.78, 5) is 0. The van der Waals surface area contributed by atoms with Gasteiger partial charge >= 0.3 is 0 Å². The van der Waals surface area contributed by atoms with Gasteiger partial charge in [0.15, 0.2) is 0 Å². The molecule has 1 fully saturated rings. The summed E-state index contributed by atoms with van der Waals surface area (Å²) in [6, 6.07) is 0. The highest BCUT2D eigenvalue weighted by atomic mass is 32.2. The van der Waals surface area contributed by atoms with Gasteiger partial charge in [-0.25, -0.2) is 0 Å². The van der Waals surface area contributed by atoms with E-state index in [1.54, 1.807) is 0 Å². The molecule has 0 nitrogen and oxygen atoms in total. The van der Waals surface area contributed by atoms with E-state index < -0.39 is 0 Å². The summed E-state index contributed by atoms with van der Waals surface area (Å²) in [7, 11) is 0. The molecule has 0 aliphatic heterocycles. The van der Waals surface area contributed by atoms with Gasteiger partial charge in [0, 0.05) is 5.25 Å². The second-order valence-corrected chi connectivity index (χ2v) is 7.20. The van der Waals surface area contributed by atoms with Crippen LogP contribution in [-0.2, 0) is 0 Å². The van der Waals surface area contributed by atoms with Crippen molar-refractivity contribution in [2.45, 2.75) is 71.0 Å². The fraction of sp³-hybridized carbons (Fsp3) is 1.00. The molecule has 14 heavy (non-hydrogen) atoms. The quantitative estimate of drug-likeness (QED) is 0.601. The van der Waals surface area contributed by atoms with Crippen LogP contribution in [0.25, 0.3) is 0 Å². The minimum Gasteiger partial charge on any atom is -0.159 e. The third-order valence-electron chi connectivity index (χ3n) is 2.98. The van der Waals surface area contributed by atoms with E-state index in [9.17, 15) is 0 Å². The Bertz CT molecular complexity index is 140. The minimum absolute atomic E-state index is 0.535. The molecule has 1 heteroatoms. The van der Waals surface area contributed by atoms with Crippen LogP contribution >= 0.6 is 11.8 Å². The van der Waals surface area contributed by atoms with E-state index in [1.807, 2.05) is 0 Å². The lowest BCUT2D eigenvalue weighted by atomic mass is 9.91. The highest BCUT2D eigenvalue weighted by Gasteiger charge is 2.14. The number of hydrogen-bond donors (Lipinski definition) is 0. The molecule has 1 aliphatic rings. The molecule has 0 bridgehead atoms. The average Bonchev–Trinajstić information content (AvgIpc) is 2.13. The molecule has 0 saturated heterocycles. The lowest BCUT2D eigenvalue weighted by Crippen LogP contribution is -2.10. The maximum absolute atomic E-state index is 2.35. The molecule has 1 saturated carbocycles. The molecular weight excluding hydrogens is 188 g/mol. The summed E-state index contributed by atoms with van der Waals surface area (Å²) < 4.78 is 0. The van der Waals surface area contributed by atoms with Crippen molar-refractivity contribution < 1.29 is 0 Å². The fourth-order valence-electron chi connectivity index (χ4n) is 2.08. The first-order valence-electron chi connectivity index (χ1n) is 6.19. The van der Waals surface area contributed by atoms with Gasteiger partial charge in [0.2, 0.25) is 0 Å². The van der Waals surface area contributed by atoms with Gasteiger partial charge in [-0.05, 0) is 36.9 Å². The van der Waals surface area contributed by atoms with E-state index in [0.29, 0.717) is 5.41 Å². The Morgan fingerprint density at radius 3 is 2.29 bits per heavy atom. The van der Waals surface area contributed by atoms with Crippen molar-refractivity contribution in [1.82, 2.24) is 0 Å². The van der Waals surface area contributed by atoms with Gasteiger partial charge in [0.25, 0.3) is 0 Å². The Hall–Kier alpha value is 0.350. The molecule has 1 rings (SSSR count). The second kappa shape index (κ2) is 6.05. The van der Waals surface area contributed by atoms with Crippen LogP contribution in [0.1, 0.15) is 65.7 Å². The van der Waals surface area contributed by atoms with Crippen LogP contribution in [0.3, 0.4) is 0 Å². The van der Waals surface area contributed by atoms with Crippen LogP contribution in [0.2, 0.25) is 0 Å². The van der Waals surface area contributed by atoms with Crippen molar-refractivity contribution >= 4 is 11.8 Å². The van der Waals surface area contributed by atoms with Crippen molar-refractivity contribution in [3.05, 3.63) is 0 Å². The first-order valence-corrected chi connectivity index (χ1v) is 7.24. The zero-order valence-corrected chi connectivity index (χ0v) is 11.0. The van der Waals surface area contributed by atoms with E-state index in [4.69, 9.17) is 0 Å². The van der Waals surface area contributed by atoms with Crippen molar-refractivity contribution in [3.8, 4) is 0 Å². The van der Waals surface area contributed by atoms with Gasteiger partial charge in [-0.15, -0.1) is 0 Å². The van der Waals surface area contributed by atoms with E-state index in [2.05, 4.69) is 32.5 Å². The molecule has 0 atom stereocenters. The smallest absolute Gasteiger partial charge is 0.00470 e. The van der Waals surface area contributed by atoms with E-state index in [0.717, 1.165) is 5.25 Å². The van der Waals surface area contributed by atoms with Gasteiger partial charge in [-0.3, -0.25) is 0 Å². The molecule has 0 N–H and O–H groups in total. The fourth-order valence-corrected chi connectivity index (χ4v) is 3.40. The molecule has 0 aromatic rings. The Morgan fingerprint density at radius 2 is 1.71 bits per heavy atom. The number of thioether (sulfide) groups is 1. The summed E-state index contributed by atoms with van der Waals surface area (Å²) in [5, 5.41) is 1.00. The van der Waals surface area contributed by atoms with Crippen molar-refractivity contribution in [2.24, 2.45) is 5.41 Å². The summed E-state index contributed by atoms with van der Waals surface area (Å²) in [6.07, 6.45) is 10.2. The zero-order chi connectivity index (χ0) is 10.4. The Labute approximate surface area is 94.2 Å². The van der Waals surface area contributed by atoms with Crippen LogP contribution in [0, 0.1) is 5.41 Å². The standard InChI is InChI=1S/C13H26S/c1-13(2,3)10-7-11-14-12-8-5-4-6-9-12/h12H,4-11H2,1-3H3. The average molecular weight is 214 g/mol. The third kappa shape index (κ3) is 5.95. The molecular formula is C13H26S. The minimum atomic E-state index is 0.535.